The molecule has 0 aliphatic rings. The normalized spacial score (nSPS) is 14.3. The van der Waals surface area contributed by atoms with E-state index in [1.54, 1.807) is 0 Å². The summed E-state index contributed by atoms with van der Waals surface area (Å²) >= 11 is 0. The maximum Gasteiger partial charge on any atom is 0.220 e. The molecule has 100 valence electrons. The first-order valence-electron chi connectivity index (χ1n) is 6.39. The van der Waals surface area contributed by atoms with Crippen LogP contribution in [-0.4, -0.2) is 8.32 Å². The Bertz CT molecular complexity index is 381. The Labute approximate surface area is 112 Å². The molecule has 0 saturated carbocycles. The lowest BCUT2D eigenvalue weighted by molar-refractivity contribution is 0.152. The molecule has 0 amide bonds. The maximum atomic E-state index is 6.02. The standard InChI is InChI=1S/C15H25NOSi/c1-7-14(13-11-9-8-10-12-13)16-17-18(5,6)15(2,3)4/h7-12,14,16H,1H2,2-6H3/t14-/m1/s1. The van der Waals surface area contributed by atoms with Gasteiger partial charge in [-0.15, -0.1) is 6.58 Å². The summed E-state index contributed by atoms with van der Waals surface area (Å²) in [6.07, 6.45) is 1.88. The largest absolute Gasteiger partial charge is 0.344 e. The Morgan fingerprint density at radius 2 is 1.78 bits per heavy atom. The molecule has 0 fully saturated rings. The van der Waals surface area contributed by atoms with Gasteiger partial charge in [-0.25, -0.2) is 5.48 Å². The molecule has 1 aromatic rings. The number of benzene rings is 1. The molecule has 0 aliphatic carbocycles. The minimum atomic E-state index is -1.78. The first-order chi connectivity index (χ1) is 8.28. The highest BCUT2D eigenvalue weighted by atomic mass is 28.4. The third kappa shape index (κ3) is 3.80. The van der Waals surface area contributed by atoms with E-state index >= 15 is 0 Å². The van der Waals surface area contributed by atoms with Crippen molar-refractivity contribution in [3.05, 3.63) is 48.6 Å². The lowest BCUT2D eigenvalue weighted by Crippen LogP contribution is -2.45. The molecule has 2 nitrogen and oxygen atoms in total. The predicted octanol–water partition coefficient (Wildman–Crippen LogP) is 4.44. The van der Waals surface area contributed by atoms with E-state index in [9.17, 15) is 0 Å². The van der Waals surface area contributed by atoms with E-state index in [1.807, 2.05) is 24.3 Å². The van der Waals surface area contributed by atoms with Crippen LogP contribution in [0.5, 0.6) is 0 Å². The van der Waals surface area contributed by atoms with Crippen molar-refractivity contribution in [1.82, 2.24) is 5.48 Å². The maximum absolute atomic E-state index is 6.02. The number of hydroxylamine groups is 1. The van der Waals surface area contributed by atoms with Gasteiger partial charge in [-0.05, 0) is 23.7 Å². The zero-order chi connectivity index (χ0) is 13.8. The molecule has 0 aliphatic heterocycles. The number of rotatable bonds is 5. The molecule has 18 heavy (non-hydrogen) atoms. The lowest BCUT2D eigenvalue weighted by atomic mass is 10.1. The molecule has 0 bridgehead atoms. The van der Waals surface area contributed by atoms with Gasteiger partial charge in [0.2, 0.25) is 8.32 Å². The van der Waals surface area contributed by atoms with Crippen LogP contribution in [0.4, 0.5) is 0 Å². The second-order valence-electron chi connectivity index (χ2n) is 6.10. The quantitative estimate of drug-likeness (QED) is 0.482. The fourth-order valence-electron chi connectivity index (χ4n) is 1.28. The highest BCUT2D eigenvalue weighted by Crippen LogP contribution is 2.36. The second kappa shape index (κ2) is 5.82. The van der Waals surface area contributed by atoms with Crippen molar-refractivity contribution in [2.24, 2.45) is 0 Å². The molecule has 1 N–H and O–H groups in total. The first-order valence-corrected chi connectivity index (χ1v) is 9.30. The molecule has 0 unspecified atom stereocenters. The first kappa shape index (κ1) is 15.2. The average molecular weight is 263 g/mol. The van der Waals surface area contributed by atoms with E-state index in [0.717, 1.165) is 0 Å². The van der Waals surface area contributed by atoms with E-state index in [-0.39, 0.29) is 11.1 Å². The van der Waals surface area contributed by atoms with Gasteiger partial charge in [0.25, 0.3) is 0 Å². The molecular formula is C15H25NOSi. The molecule has 0 heterocycles. The SMILES string of the molecule is C=C[C@@H](NO[Si](C)(C)C(C)(C)C)c1ccccc1. The van der Waals surface area contributed by atoms with Crippen molar-refractivity contribution in [2.75, 3.05) is 0 Å². The topological polar surface area (TPSA) is 21.3 Å². The van der Waals surface area contributed by atoms with Crippen LogP contribution in [0, 0.1) is 0 Å². The Morgan fingerprint density at radius 1 is 1.22 bits per heavy atom. The number of hydrogen-bond acceptors (Lipinski definition) is 2. The summed E-state index contributed by atoms with van der Waals surface area (Å²) < 4.78 is 6.02. The van der Waals surface area contributed by atoms with Crippen molar-refractivity contribution in [1.29, 1.82) is 0 Å². The van der Waals surface area contributed by atoms with E-state index in [2.05, 4.69) is 58.1 Å². The van der Waals surface area contributed by atoms with Gasteiger partial charge < -0.3 is 4.53 Å². The zero-order valence-electron chi connectivity index (χ0n) is 12.2. The van der Waals surface area contributed by atoms with Crippen LogP contribution in [-0.2, 0) is 4.53 Å². The van der Waals surface area contributed by atoms with Gasteiger partial charge >= 0.3 is 0 Å². The van der Waals surface area contributed by atoms with E-state index in [1.165, 1.54) is 5.56 Å². The summed E-state index contributed by atoms with van der Waals surface area (Å²) in [5.74, 6) is 0. The lowest BCUT2D eigenvalue weighted by Gasteiger charge is -2.36. The van der Waals surface area contributed by atoms with Crippen LogP contribution in [0.3, 0.4) is 0 Å². The van der Waals surface area contributed by atoms with E-state index in [0.29, 0.717) is 0 Å². The molecule has 0 spiro atoms. The van der Waals surface area contributed by atoms with Crippen molar-refractivity contribution in [3.8, 4) is 0 Å². The van der Waals surface area contributed by atoms with Gasteiger partial charge in [0.05, 0.1) is 6.04 Å². The monoisotopic (exact) mass is 263 g/mol. The van der Waals surface area contributed by atoms with E-state index in [4.69, 9.17) is 4.53 Å². The van der Waals surface area contributed by atoms with Gasteiger partial charge in [-0.1, -0.05) is 57.2 Å². The molecule has 1 aromatic carbocycles. The minimum Gasteiger partial charge on any atom is -0.344 e. The highest BCUT2D eigenvalue weighted by molar-refractivity contribution is 6.74. The van der Waals surface area contributed by atoms with Crippen LogP contribution in [0.25, 0.3) is 0 Å². The Morgan fingerprint density at radius 3 is 2.22 bits per heavy atom. The third-order valence-electron chi connectivity index (χ3n) is 3.64. The smallest absolute Gasteiger partial charge is 0.220 e. The van der Waals surface area contributed by atoms with Crippen molar-refractivity contribution in [3.63, 3.8) is 0 Å². The Hall–Kier alpha value is -0.903. The molecule has 0 saturated heterocycles. The summed E-state index contributed by atoms with van der Waals surface area (Å²) in [5.41, 5.74) is 4.35. The highest BCUT2D eigenvalue weighted by Gasteiger charge is 2.38. The summed E-state index contributed by atoms with van der Waals surface area (Å²) in [6.45, 7) is 15.0. The predicted molar refractivity (Wildman–Crippen MR) is 80.8 cm³/mol. The van der Waals surface area contributed by atoms with Crippen LogP contribution >= 0.6 is 0 Å². The summed E-state index contributed by atoms with van der Waals surface area (Å²) in [5, 5.41) is 0.197. The Balaban J connectivity index is 2.70. The van der Waals surface area contributed by atoms with Gasteiger partial charge in [-0.2, -0.15) is 0 Å². The minimum absolute atomic E-state index is 0.0420. The summed E-state index contributed by atoms with van der Waals surface area (Å²) in [6, 6.07) is 10.3. The van der Waals surface area contributed by atoms with Crippen molar-refractivity contribution >= 4 is 8.32 Å². The average Bonchev–Trinajstić information content (AvgIpc) is 2.29. The van der Waals surface area contributed by atoms with Gasteiger partial charge in [0.15, 0.2) is 0 Å². The second-order valence-corrected chi connectivity index (χ2v) is 10.8. The van der Waals surface area contributed by atoms with Crippen LogP contribution in [0.15, 0.2) is 43.0 Å². The van der Waals surface area contributed by atoms with Crippen molar-refractivity contribution in [2.45, 2.75) is 44.9 Å². The van der Waals surface area contributed by atoms with Crippen molar-refractivity contribution < 1.29 is 4.53 Å². The fourth-order valence-corrected chi connectivity index (χ4v) is 2.00. The summed E-state index contributed by atoms with van der Waals surface area (Å²) in [7, 11) is -1.78. The van der Waals surface area contributed by atoms with Gasteiger partial charge in [-0.3, -0.25) is 0 Å². The van der Waals surface area contributed by atoms with Gasteiger partial charge in [0.1, 0.15) is 0 Å². The Kier molecular flexibility index (Phi) is 4.90. The fraction of sp³-hybridized carbons (Fsp3) is 0.467. The van der Waals surface area contributed by atoms with Crippen LogP contribution in [0.1, 0.15) is 32.4 Å². The zero-order valence-corrected chi connectivity index (χ0v) is 13.2. The molecule has 3 heteroatoms. The molecule has 1 rings (SSSR count). The molecule has 0 aromatic heterocycles. The molecule has 1 atom stereocenters. The molecular weight excluding hydrogens is 238 g/mol. The van der Waals surface area contributed by atoms with Crippen LogP contribution < -0.4 is 5.48 Å². The molecule has 0 radical (unpaired) electrons. The van der Waals surface area contributed by atoms with Gasteiger partial charge in [0, 0.05) is 0 Å². The number of nitrogens with one attached hydrogen (secondary N) is 1. The van der Waals surface area contributed by atoms with Crippen LogP contribution in [0.2, 0.25) is 18.1 Å². The number of hydrogen-bond donors (Lipinski definition) is 1. The van der Waals surface area contributed by atoms with E-state index < -0.39 is 8.32 Å². The summed E-state index contributed by atoms with van der Waals surface area (Å²) in [4.78, 5) is 0. The third-order valence-corrected chi connectivity index (χ3v) is 7.88.